The second-order valence-corrected chi connectivity index (χ2v) is 12.7. The van der Waals surface area contributed by atoms with Gasteiger partial charge in [-0.25, -0.2) is 14.2 Å². The van der Waals surface area contributed by atoms with Gasteiger partial charge in [-0.1, -0.05) is 37.3 Å². The van der Waals surface area contributed by atoms with Crippen molar-refractivity contribution in [1.29, 1.82) is 0 Å². The molecular weight excluding hydrogens is 561 g/mol. The Balaban J connectivity index is 1.18. The summed E-state index contributed by atoms with van der Waals surface area (Å²) in [5, 5.41) is 12.3. The number of rotatable bonds is 6. The number of aromatic nitrogens is 2. The van der Waals surface area contributed by atoms with Gasteiger partial charge in [-0.15, -0.1) is 0 Å². The molecule has 4 aromatic rings. The van der Waals surface area contributed by atoms with Gasteiger partial charge in [0.25, 0.3) is 5.56 Å². The number of pyridine rings is 2. The summed E-state index contributed by atoms with van der Waals surface area (Å²) in [7, 11) is 0. The normalized spacial score (nSPS) is 22.4. The van der Waals surface area contributed by atoms with Gasteiger partial charge in [0.15, 0.2) is 5.60 Å². The Morgan fingerprint density at radius 2 is 1.93 bits per heavy atom. The van der Waals surface area contributed by atoms with Crippen LogP contribution in [0.3, 0.4) is 0 Å². The van der Waals surface area contributed by atoms with Crippen molar-refractivity contribution in [3.05, 3.63) is 97.6 Å². The Bertz CT molecular complexity index is 1920. The number of halogens is 1. The highest BCUT2D eigenvalue weighted by Gasteiger charge is 2.46. The summed E-state index contributed by atoms with van der Waals surface area (Å²) in [5.74, 6) is -0.608. The molecule has 9 heteroatoms. The van der Waals surface area contributed by atoms with Crippen LogP contribution in [0, 0.1) is 18.7 Å². The third kappa shape index (κ3) is 3.95. The van der Waals surface area contributed by atoms with Crippen molar-refractivity contribution in [1.82, 2.24) is 14.5 Å². The van der Waals surface area contributed by atoms with Crippen LogP contribution in [-0.2, 0) is 46.0 Å². The van der Waals surface area contributed by atoms with E-state index in [1.54, 1.807) is 17.6 Å². The van der Waals surface area contributed by atoms with Crippen molar-refractivity contribution in [3.8, 4) is 11.4 Å². The first-order valence-electron chi connectivity index (χ1n) is 15.5. The smallest absolute Gasteiger partial charge is 0.343 e. The fourth-order valence-electron chi connectivity index (χ4n) is 7.78. The summed E-state index contributed by atoms with van der Waals surface area (Å²) in [4.78, 5) is 33.9. The first-order valence-corrected chi connectivity index (χ1v) is 15.5. The van der Waals surface area contributed by atoms with E-state index in [1.807, 2.05) is 25.1 Å². The van der Waals surface area contributed by atoms with E-state index in [9.17, 15) is 14.7 Å². The number of likely N-dealkylation sites (tertiary alicyclic amines) is 1. The van der Waals surface area contributed by atoms with E-state index in [0.717, 1.165) is 53.6 Å². The van der Waals surface area contributed by atoms with Gasteiger partial charge in [0.2, 0.25) is 0 Å². The van der Waals surface area contributed by atoms with Crippen LogP contribution in [0.2, 0.25) is 0 Å². The molecule has 0 bridgehead atoms. The number of ether oxygens (including phenoxy) is 2. The third-order valence-electron chi connectivity index (χ3n) is 10.2. The summed E-state index contributed by atoms with van der Waals surface area (Å²) in [6, 6.07) is 13.5. The minimum atomic E-state index is -1.90. The van der Waals surface area contributed by atoms with Crippen molar-refractivity contribution < 1.29 is 23.8 Å². The topological polar surface area (TPSA) is 93.9 Å². The van der Waals surface area contributed by atoms with Gasteiger partial charge in [-0.05, 0) is 54.5 Å². The number of carbonyl (C=O) groups is 1. The molecule has 8 rings (SSSR count). The lowest BCUT2D eigenvalue weighted by atomic mass is 9.79. The van der Waals surface area contributed by atoms with E-state index in [1.165, 1.54) is 6.07 Å². The molecule has 0 unspecified atom stereocenters. The van der Waals surface area contributed by atoms with Gasteiger partial charge in [-0.2, -0.15) is 0 Å². The van der Waals surface area contributed by atoms with E-state index in [-0.39, 0.29) is 36.0 Å². The summed E-state index contributed by atoms with van der Waals surface area (Å²) in [5.41, 5.74) is 5.03. The number of cyclic esters (lactones) is 1. The van der Waals surface area contributed by atoms with Crippen molar-refractivity contribution in [2.75, 3.05) is 19.7 Å². The van der Waals surface area contributed by atoms with E-state index in [4.69, 9.17) is 14.5 Å². The maximum absolute atomic E-state index is 15.2. The van der Waals surface area contributed by atoms with Gasteiger partial charge >= 0.3 is 5.97 Å². The van der Waals surface area contributed by atoms with Crippen LogP contribution in [0.1, 0.15) is 64.8 Å². The van der Waals surface area contributed by atoms with Crippen molar-refractivity contribution in [2.24, 2.45) is 5.92 Å². The average Bonchev–Trinajstić information content (AvgIpc) is 3.38. The summed E-state index contributed by atoms with van der Waals surface area (Å²) in [6.07, 6.45) is 1.68. The molecular formula is C35H34FN3O5. The fraction of sp³-hybridized carbons (Fsp3) is 0.400. The summed E-state index contributed by atoms with van der Waals surface area (Å²) < 4.78 is 28.2. The van der Waals surface area contributed by atoms with Crippen LogP contribution < -0.4 is 5.56 Å². The molecule has 3 aliphatic heterocycles. The van der Waals surface area contributed by atoms with Crippen LogP contribution in [-0.4, -0.2) is 45.2 Å². The van der Waals surface area contributed by atoms with E-state index in [0.29, 0.717) is 53.7 Å². The maximum Gasteiger partial charge on any atom is 0.343 e. The van der Waals surface area contributed by atoms with E-state index < -0.39 is 11.6 Å². The summed E-state index contributed by atoms with van der Waals surface area (Å²) >= 11 is 0. The number of aliphatic hydroxyl groups is 1. The standard InChI is InChI=1S/C35H34FN3O5/c1-3-35(42)25-11-29-32-23(15-39(29)33(40)24(25)18-44-34(35)41)31-28(10-9-22-19(2)26(36)12-27(37-32)30(22)31)38-13-21(14-38)17-43-16-20-7-5-4-6-8-20/h4-8,11-12,21,28,42H,3,9-10,13-18H2,1-2H3/t28-,35-/m0/s1. The van der Waals surface area contributed by atoms with Crippen LogP contribution >= 0.6 is 0 Å². The van der Waals surface area contributed by atoms with Gasteiger partial charge in [0.05, 0.1) is 42.2 Å². The summed E-state index contributed by atoms with van der Waals surface area (Å²) in [6.45, 7) is 6.77. The number of fused-ring (bicyclic) bond motifs is 5. The van der Waals surface area contributed by atoms with E-state index in [2.05, 4.69) is 17.0 Å². The molecule has 0 spiro atoms. The molecule has 5 heterocycles. The molecule has 1 saturated heterocycles. The van der Waals surface area contributed by atoms with Gasteiger partial charge in [0.1, 0.15) is 12.4 Å². The molecule has 1 N–H and O–H groups in total. The first-order chi connectivity index (χ1) is 21.3. The molecule has 8 nitrogen and oxygen atoms in total. The molecule has 44 heavy (non-hydrogen) atoms. The minimum absolute atomic E-state index is 0.0755. The van der Waals surface area contributed by atoms with Gasteiger partial charge < -0.3 is 19.1 Å². The van der Waals surface area contributed by atoms with Crippen LogP contribution in [0.15, 0.2) is 47.3 Å². The Morgan fingerprint density at radius 1 is 1.14 bits per heavy atom. The molecule has 0 amide bonds. The van der Waals surface area contributed by atoms with Gasteiger partial charge in [-0.3, -0.25) is 9.69 Å². The van der Waals surface area contributed by atoms with E-state index >= 15 is 4.39 Å². The van der Waals surface area contributed by atoms with Crippen LogP contribution in [0.5, 0.6) is 0 Å². The average molecular weight is 596 g/mol. The molecule has 0 saturated carbocycles. The Kier molecular flexibility index (Phi) is 6.31. The molecule has 2 atom stereocenters. The third-order valence-corrected chi connectivity index (χ3v) is 10.2. The fourth-order valence-corrected chi connectivity index (χ4v) is 7.78. The highest BCUT2D eigenvalue weighted by molar-refractivity contribution is 5.93. The maximum atomic E-state index is 15.2. The molecule has 226 valence electrons. The Labute approximate surface area is 254 Å². The lowest BCUT2D eigenvalue weighted by Gasteiger charge is -2.46. The van der Waals surface area contributed by atoms with Crippen molar-refractivity contribution >= 4 is 16.9 Å². The number of hydrogen-bond donors (Lipinski definition) is 1. The molecule has 2 aromatic carbocycles. The Morgan fingerprint density at radius 3 is 2.70 bits per heavy atom. The highest BCUT2D eigenvalue weighted by atomic mass is 19.1. The zero-order valence-electron chi connectivity index (χ0n) is 24.9. The number of hydrogen-bond acceptors (Lipinski definition) is 7. The first kappa shape index (κ1) is 27.6. The lowest BCUT2D eigenvalue weighted by Crippen LogP contribution is -2.51. The number of nitrogens with zero attached hydrogens (tertiary/aromatic N) is 3. The number of aryl methyl sites for hydroxylation is 1. The zero-order valence-corrected chi connectivity index (χ0v) is 24.9. The largest absolute Gasteiger partial charge is 0.458 e. The quantitative estimate of drug-likeness (QED) is 0.286. The second-order valence-electron chi connectivity index (χ2n) is 12.7. The zero-order chi connectivity index (χ0) is 30.3. The lowest BCUT2D eigenvalue weighted by molar-refractivity contribution is -0.172. The molecule has 0 radical (unpaired) electrons. The molecule has 4 aliphatic rings. The highest BCUT2D eigenvalue weighted by Crippen LogP contribution is 2.48. The van der Waals surface area contributed by atoms with Gasteiger partial charge in [0, 0.05) is 47.6 Å². The number of benzene rings is 2. The predicted molar refractivity (Wildman–Crippen MR) is 161 cm³/mol. The minimum Gasteiger partial charge on any atom is -0.458 e. The van der Waals surface area contributed by atoms with Crippen LogP contribution in [0.25, 0.3) is 22.3 Å². The molecule has 2 aromatic heterocycles. The number of carbonyl (C=O) groups excluding carboxylic acids is 1. The Hall–Kier alpha value is -3.92. The monoisotopic (exact) mass is 595 g/mol. The number of esters is 1. The SMILES string of the molecule is CC[C@@]1(O)C(=O)OCc2c1cc1n(c2=O)Cc2c-1nc1cc(F)c(C)c3c1c2[C@@H](N1CC(COCc2ccccc2)C1)CC3. The molecule has 1 aliphatic carbocycles. The van der Waals surface area contributed by atoms with Crippen molar-refractivity contribution in [3.63, 3.8) is 0 Å². The molecule has 1 fully saturated rings. The van der Waals surface area contributed by atoms with Crippen LogP contribution in [0.4, 0.5) is 4.39 Å². The second kappa shape index (κ2) is 10.1. The predicted octanol–water partition coefficient (Wildman–Crippen LogP) is 4.66. The van der Waals surface area contributed by atoms with Crippen molar-refractivity contribution in [2.45, 2.75) is 64.5 Å².